The molecule has 0 saturated heterocycles. The summed E-state index contributed by atoms with van der Waals surface area (Å²) in [5.74, 6) is -0.0216. The first-order chi connectivity index (χ1) is 9.00. The molecule has 1 amide bonds. The third kappa shape index (κ3) is 3.18. The predicted octanol–water partition coefficient (Wildman–Crippen LogP) is 3.13. The van der Waals surface area contributed by atoms with Gasteiger partial charge in [0, 0.05) is 17.1 Å². The minimum Gasteiger partial charge on any atom is -0.391 e. The lowest BCUT2D eigenvalue weighted by Crippen LogP contribution is -2.46. The molecule has 0 radical (unpaired) electrons. The Morgan fingerprint density at radius 3 is 2.68 bits per heavy atom. The number of amides is 1. The number of carbonyl (C=O) groups excluding carboxylic acids is 1. The van der Waals surface area contributed by atoms with Crippen LogP contribution in [0.15, 0.2) is 22.7 Å². The van der Waals surface area contributed by atoms with Crippen LogP contribution in [0.1, 0.15) is 41.6 Å². The third-order valence-electron chi connectivity index (χ3n) is 3.93. The molecule has 1 aliphatic carbocycles. The molecule has 2 atom stereocenters. The molecule has 0 bridgehead atoms. The van der Waals surface area contributed by atoms with Gasteiger partial charge < -0.3 is 10.0 Å². The van der Waals surface area contributed by atoms with E-state index in [1.807, 2.05) is 25.1 Å². The van der Waals surface area contributed by atoms with Crippen molar-refractivity contribution >= 4 is 21.8 Å². The van der Waals surface area contributed by atoms with Crippen molar-refractivity contribution in [2.24, 2.45) is 0 Å². The van der Waals surface area contributed by atoms with Crippen molar-refractivity contribution in [1.29, 1.82) is 0 Å². The standard InChI is InChI=1S/C15H20BrNO2/c1-10-7-8-11(9-12(10)16)15(19)17(2)13-5-3-4-6-14(13)18/h7-9,13-14,18H,3-6H2,1-2H3. The van der Waals surface area contributed by atoms with Gasteiger partial charge in [0.1, 0.15) is 0 Å². The highest BCUT2D eigenvalue weighted by atomic mass is 79.9. The molecule has 0 aliphatic heterocycles. The second-order valence-electron chi connectivity index (χ2n) is 5.30. The Labute approximate surface area is 122 Å². The number of aliphatic hydroxyl groups excluding tert-OH is 1. The summed E-state index contributed by atoms with van der Waals surface area (Å²) >= 11 is 3.45. The van der Waals surface area contributed by atoms with Gasteiger partial charge in [-0.3, -0.25) is 4.79 Å². The van der Waals surface area contributed by atoms with E-state index in [-0.39, 0.29) is 11.9 Å². The second-order valence-corrected chi connectivity index (χ2v) is 6.15. The monoisotopic (exact) mass is 325 g/mol. The molecule has 2 unspecified atom stereocenters. The fourth-order valence-electron chi connectivity index (χ4n) is 2.62. The Morgan fingerprint density at radius 1 is 1.37 bits per heavy atom. The molecule has 1 aliphatic rings. The lowest BCUT2D eigenvalue weighted by Gasteiger charge is -2.35. The van der Waals surface area contributed by atoms with Gasteiger partial charge in [-0.25, -0.2) is 0 Å². The van der Waals surface area contributed by atoms with Gasteiger partial charge in [0.25, 0.3) is 5.91 Å². The van der Waals surface area contributed by atoms with Crippen molar-refractivity contribution in [3.63, 3.8) is 0 Å². The van der Waals surface area contributed by atoms with Crippen molar-refractivity contribution in [1.82, 2.24) is 4.90 Å². The van der Waals surface area contributed by atoms with E-state index in [0.717, 1.165) is 35.7 Å². The fourth-order valence-corrected chi connectivity index (χ4v) is 3.00. The highest BCUT2D eigenvalue weighted by Crippen LogP contribution is 2.24. The highest BCUT2D eigenvalue weighted by molar-refractivity contribution is 9.10. The average molecular weight is 326 g/mol. The summed E-state index contributed by atoms with van der Waals surface area (Å²) in [7, 11) is 1.79. The van der Waals surface area contributed by atoms with E-state index in [2.05, 4.69) is 15.9 Å². The van der Waals surface area contributed by atoms with Crippen molar-refractivity contribution in [3.8, 4) is 0 Å². The number of benzene rings is 1. The summed E-state index contributed by atoms with van der Waals surface area (Å²) in [6.45, 7) is 1.99. The van der Waals surface area contributed by atoms with E-state index >= 15 is 0 Å². The number of halogens is 1. The zero-order valence-corrected chi connectivity index (χ0v) is 13.0. The van der Waals surface area contributed by atoms with E-state index in [0.29, 0.717) is 5.56 Å². The summed E-state index contributed by atoms with van der Waals surface area (Å²) in [5.41, 5.74) is 1.77. The number of aryl methyl sites for hydroxylation is 1. The van der Waals surface area contributed by atoms with Crippen LogP contribution in [-0.2, 0) is 0 Å². The molecule has 3 nitrogen and oxygen atoms in total. The Kier molecular flexibility index (Phi) is 4.63. The normalized spacial score (nSPS) is 23.2. The van der Waals surface area contributed by atoms with E-state index in [4.69, 9.17) is 0 Å². The summed E-state index contributed by atoms with van der Waals surface area (Å²) in [4.78, 5) is 14.1. The van der Waals surface area contributed by atoms with E-state index in [1.165, 1.54) is 0 Å². The van der Waals surface area contributed by atoms with Gasteiger partial charge >= 0.3 is 0 Å². The number of nitrogens with zero attached hydrogens (tertiary/aromatic N) is 1. The van der Waals surface area contributed by atoms with Crippen molar-refractivity contribution in [3.05, 3.63) is 33.8 Å². The minimum atomic E-state index is -0.392. The lowest BCUT2D eigenvalue weighted by molar-refractivity contribution is 0.0268. The Morgan fingerprint density at radius 2 is 2.05 bits per heavy atom. The van der Waals surface area contributed by atoms with Gasteiger partial charge in [0.05, 0.1) is 12.1 Å². The van der Waals surface area contributed by atoms with Gasteiger partial charge in [-0.1, -0.05) is 34.8 Å². The van der Waals surface area contributed by atoms with E-state index < -0.39 is 6.10 Å². The molecule has 19 heavy (non-hydrogen) atoms. The maximum absolute atomic E-state index is 12.4. The van der Waals surface area contributed by atoms with Crippen LogP contribution < -0.4 is 0 Å². The first-order valence-corrected chi connectivity index (χ1v) is 7.51. The van der Waals surface area contributed by atoms with Crippen LogP contribution in [0.5, 0.6) is 0 Å². The number of hydrogen-bond donors (Lipinski definition) is 1. The number of aliphatic hydroxyl groups is 1. The van der Waals surface area contributed by atoms with Gasteiger partial charge in [0.2, 0.25) is 0 Å². The van der Waals surface area contributed by atoms with Crippen LogP contribution in [0.4, 0.5) is 0 Å². The molecule has 1 N–H and O–H groups in total. The zero-order chi connectivity index (χ0) is 14.0. The van der Waals surface area contributed by atoms with E-state index in [9.17, 15) is 9.90 Å². The number of hydrogen-bond acceptors (Lipinski definition) is 2. The maximum Gasteiger partial charge on any atom is 0.253 e. The predicted molar refractivity (Wildman–Crippen MR) is 79.2 cm³/mol. The molecule has 1 saturated carbocycles. The largest absolute Gasteiger partial charge is 0.391 e. The maximum atomic E-state index is 12.4. The molecule has 2 rings (SSSR count). The first kappa shape index (κ1) is 14.5. The molecule has 104 valence electrons. The summed E-state index contributed by atoms with van der Waals surface area (Å²) in [6, 6.07) is 5.57. The average Bonchev–Trinajstić information content (AvgIpc) is 2.41. The van der Waals surface area contributed by atoms with Crippen LogP contribution in [0.2, 0.25) is 0 Å². The third-order valence-corrected chi connectivity index (χ3v) is 4.78. The molecule has 0 spiro atoms. The molecule has 0 aromatic heterocycles. The molecular formula is C15H20BrNO2. The van der Waals surface area contributed by atoms with Crippen molar-refractivity contribution in [2.75, 3.05) is 7.05 Å². The lowest BCUT2D eigenvalue weighted by atomic mass is 9.91. The minimum absolute atomic E-state index is 0.0216. The van der Waals surface area contributed by atoms with Crippen LogP contribution in [0, 0.1) is 6.92 Å². The molecule has 1 aromatic carbocycles. The zero-order valence-electron chi connectivity index (χ0n) is 11.4. The molecule has 0 heterocycles. The van der Waals surface area contributed by atoms with Crippen LogP contribution >= 0.6 is 15.9 Å². The number of carbonyl (C=O) groups is 1. The summed E-state index contributed by atoms with van der Waals surface area (Å²) in [5, 5.41) is 10.0. The number of likely N-dealkylation sites (N-methyl/N-ethyl adjacent to an activating group) is 1. The summed E-state index contributed by atoms with van der Waals surface area (Å²) < 4.78 is 0.941. The van der Waals surface area contributed by atoms with Gasteiger partial charge in [-0.2, -0.15) is 0 Å². The van der Waals surface area contributed by atoms with Crippen LogP contribution in [0.3, 0.4) is 0 Å². The van der Waals surface area contributed by atoms with Gasteiger partial charge in [-0.15, -0.1) is 0 Å². The SMILES string of the molecule is Cc1ccc(C(=O)N(C)C2CCCCC2O)cc1Br. The van der Waals surface area contributed by atoms with Gasteiger partial charge in [0.15, 0.2) is 0 Å². The number of rotatable bonds is 2. The smallest absolute Gasteiger partial charge is 0.253 e. The molecular weight excluding hydrogens is 306 g/mol. The van der Waals surface area contributed by atoms with Crippen molar-refractivity contribution in [2.45, 2.75) is 44.8 Å². The van der Waals surface area contributed by atoms with Gasteiger partial charge in [-0.05, 0) is 37.5 Å². The second kappa shape index (κ2) is 6.06. The molecule has 1 aromatic rings. The van der Waals surface area contributed by atoms with Crippen molar-refractivity contribution < 1.29 is 9.90 Å². The fraction of sp³-hybridized carbons (Fsp3) is 0.533. The highest BCUT2D eigenvalue weighted by Gasteiger charge is 2.29. The molecule has 4 heteroatoms. The molecule has 1 fully saturated rings. The Bertz CT molecular complexity index is 475. The Balaban J connectivity index is 2.15. The van der Waals surface area contributed by atoms with E-state index in [1.54, 1.807) is 11.9 Å². The van der Waals surface area contributed by atoms with Crippen LogP contribution in [0.25, 0.3) is 0 Å². The quantitative estimate of drug-likeness (QED) is 0.907. The Hall–Kier alpha value is -0.870. The van der Waals surface area contributed by atoms with Crippen LogP contribution in [-0.4, -0.2) is 35.1 Å². The topological polar surface area (TPSA) is 40.5 Å². The summed E-state index contributed by atoms with van der Waals surface area (Å²) in [6.07, 6.45) is 3.42. The first-order valence-electron chi connectivity index (χ1n) is 6.72.